The minimum Gasteiger partial charge on any atom is -0.364 e. The number of anilines is 1. The van der Waals surface area contributed by atoms with Crippen molar-refractivity contribution in [3.05, 3.63) is 41.8 Å². The molecule has 3 aromatic rings. The number of amides is 1. The third-order valence-corrected chi connectivity index (χ3v) is 5.48. The highest BCUT2D eigenvalue weighted by Crippen LogP contribution is 2.28. The summed E-state index contributed by atoms with van der Waals surface area (Å²) in [6.07, 6.45) is 7.73. The third kappa shape index (κ3) is 4.56. The number of aromatic nitrogens is 4. The van der Waals surface area contributed by atoms with Crippen LogP contribution in [0.3, 0.4) is 0 Å². The van der Waals surface area contributed by atoms with Crippen molar-refractivity contribution in [1.29, 1.82) is 0 Å². The number of pyridine rings is 1. The molecule has 0 aromatic carbocycles. The number of hydrogen-bond acceptors (Lipinski definition) is 5. The smallest absolute Gasteiger partial charge is 0.223 e. The van der Waals surface area contributed by atoms with E-state index in [9.17, 15) is 4.79 Å². The van der Waals surface area contributed by atoms with Crippen molar-refractivity contribution >= 4 is 28.8 Å². The van der Waals surface area contributed by atoms with Crippen molar-refractivity contribution in [2.45, 2.75) is 46.1 Å². The van der Waals surface area contributed by atoms with E-state index >= 15 is 0 Å². The summed E-state index contributed by atoms with van der Waals surface area (Å²) in [4.78, 5) is 23.7. The topological polar surface area (TPSA) is 75.4 Å². The van der Waals surface area contributed by atoms with Crippen LogP contribution in [0.1, 0.15) is 40.0 Å². The molecule has 1 aliphatic heterocycles. The number of likely N-dealkylation sites (tertiary alicyclic amines) is 1. The fraction of sp³-hybridized carbons (Fsp3) is 0.455. The summed E-state index contributed by atoms with van der Waals surface area (Å²) >= 11 is 6.39. The lowest BCUT2D eigenvalue weighted by molar-refractivity contribution is -0.134. The van der Waals surface area contributed by atoms with E-state index in [1.54, 1.807) is 16.9 Å². The molecule has 1 saturated heterocycles. The average molecular weight is 427 g/mol. The van der Waals surface area contributed by atoms with Crippen LogP contribution in [0.2, 0.25) is 5.02 Å². The molecule has 7 nitrogen and oxygen atoms in total. The van der Waals surface area contributed by atoms with E-state index in [1.165, 1.54) is 0 Å². The Balaban J connectivity index is 1.52. The number of carbonyl (C=O) groups excluding carboxylic acids is 1. The van der Waals surface area contributed by atoms with Crippen LogP contribution in [0.15, 0.2) is 36.8 Å². The summed E-state index contributed by atoms with van der Waals surface area (Å²) in [6.45, 7) is 7.73. The predicted molar refractivity (Wildman–Crippen MR) is 119 cm³/mol. The second-order valence-electron chi connectivity index (χ2n) is 9.04. The minimum atomic E-state index is -0.0172. The van der Waals surface area contributed by atoms with Gasteiger partial charge in [0.25, 0.3) is 0 Å². The van der Waals surface area contributed by atoms with Crippen molar-refractivity contribution in [2.75, 3.05) is 18.4 Å². The van der Waals surface area contributed by atoms with Crippen LogP contribution in [0.5, 0.6) is 0 Å². The lowest BCUT2D eigenvalue weighted by Gasteiger charge is -2.35. The maximum atomic E-state index is 12.6. The second-order valence-corrected chi connectivity index (χ2v) is 9.45. The first kappa shape index (κ1) is 20.6. The highest BCUT2D eigenvalue weighted by atomic mass is 35.5. The molecule has 1 fully saturated rings. The zero-order chi connectivity index (χ0) is 21.3. The van der Waals surface area contributed by atoms with Gasteiger partial charge in [-0.25, -0.2) is 14.5 Å². The van der Waals surface area contributed by atoms with Crippen LogP contribution in [-0.2, 0) is 4.79 Å². The van der Waals surface area contributed by atoms with Gasteiger partial charge in [-0.3, -0.25) is 4.79 Å². The fourth-order valence-electron chi connectivity index (χ4n) is 3.79. The molecule has 0 bridgehead atoms. The molecule has 0 unspecified atom stereocenters. The van der Waals surface area contributed by atoms with Crippen molar-refractivity contribution in [2.24, 2.45) is 5.41 Å². The first-order chi connectivity index (χ1) is 14.3. The normalized spacial score (nSPS) is 17.3. The van der Waals surface area contributed by atoms with E-state index in [2.05, 4.69) is 41.2 Å². The lowest BCUT2D eigenvalue weighted by Crippen LogP contribution is -2.46. The van der Waals surface area contributed by atoms with E-state index < -0.39 is 0 Å². The lowest BCUT2D eigenvalue weighted by atomic mass is 9.91. The third-order valence-electron chi connectivity index (χ3n) is 5.21. The zero-order valence-corrected chi connectivity index (χ0v) is 18.4. The van der Waals surface area contributed by atoms with Crippen LogP contribution in [0.4, 0.5) is 5.82 Å². The van der Waals surface area contributed by atoms with E-state index in [0.29, 0.717) is 29.6 Å². The van der Waals surface area contributed by atoms with Crippen LogP contribution < -0.4 is 5.32 Å². The number of rotatable bonds is 4. The van der Waals surface area contributed by atoms with Crippen LogP contribution in [0.25, 0.3) is 16.9 Å². The average Bonchev–Trinajstić information content (AvgIpc) is 3.13. The van der Waals surface area contributed by atoms with Crippen LogP contribution >= 0.6 is 11.6 Å². The van der Waals surface area contributed by atoms with Gasteiger partial charge in [-0.05, 0) is 30.4 Å². The molecular weight excluding hydrogens is 400 g/mol. The molecule has 1 amide bonds. The molecule has 30 heavy (non-hydrogen) atoms. The van der Waals surface area contributed by atoms with Crippen molar-refractivity contribution in [3.8, 4) is 11.4 Å². The summed E-state index contributed by atoms with van der Waals surface area (Å²) in [6, 6.07) is 5.97. The van der Waals surface area contributed by atoms with E-state index in [1.807, 2.05) is 29.3 Å². The maximum Gasteiger partial charge on any atom is 0.223 e. The first-order valence-corrected chi connectivity index (χ1v) is 10.7. The van der Waals surface area contributed by atoms with Crippen molar-refractivity contribution < 1.29 is 4.79 Å². The number of fused-ring (bicyclic) bond motifs is 1. The fourth-order valence-corrected chi connectivity index (χ4v) is 3.93. The van der Waals surface area contributed by atoms with Gasteiger partial charge in [0.2, 0.25) is 5.91 Å². The van der Waals surface area contributed by atoms with Gasteiger partial charge in [0, 0.05) is 31.7 Å². The zero-order valence-electron chi connectivity index (χ0n) is 17.6. The summed E-state index contributed by atoms with van der Waals surface area (Å²) in [5, 5.41) is 8.27. The van der Waals surface area contributed by atoms with Crippen LogP contribution in [-0.4, -0.2) is 49.5 Å². The second kappa shape index (κ2) is 8.22. The highest BCUT2D eigenvalue weighted by molar-refractivity contribution is 6.32. The SMILES string of the molecule is CC(C)(C)CC(=O)N1CCC[C@@H](Nc2nc(-c3cnn4ccccc34)ncc2Cl)C1. The molecule has 1 atom stereocenters. The number of piperidine rings is 1. The molecule has 1 aliphatic rings. The Hall–Kier alpha value is -2.67. The molecule has 0 saturated carbocycles. The number of hydrogen-bond donors (Lipinski definition) is 1. The van der Waals surface area contributed by atoms with E-state index in [-0.39, 0.29) is 17.4 Å². The van der Waals surface area contributed by atoms with Gasteiger partial charge >= 0.3 is 0 Å². The van der Waals surface area contributed by atoms with Gasteiger partial charge in [0.05, 0.1) is 23.5 Å². The Labute approximate surface area is 181 Å². The Morgan fingerprint density at radius 1 is 1.30 bits per heavy atom. The molecule has 0 radical (unpaired) electrons. The Morgan fingerprint density at radius 2 is 2.13 bits per heavy atom. The maximum absolute atomic E-state index is 12.6. The Kier molecular flexibility index (Phi) is 5.64. The number of carbonyl (C=O) groups is 1. The van der Waals surface area contributed by atoms with E-state index in [0.717, 1.165) is 30.5 Å². The standard InChI is InChI=1S/C22H27ClN6O/c1-22(2,3)11-19(30)28-9-6-7-15(14-28)26-21-17(23)13-24-20(27-21)16-12-25-29-10-5-4-8-18(16)29/h4-5,8,10,12-13,15H,6-7,9,11,14H2,1-3H3,(H,24,26,27)/t15-/m1/s1. The number of nitrogens with one attached hydrogen (secondary N) is 1. The summed E-state index contributed by atoms with van der Waals surface area (Å²) in [5.41, 5.74) is 1.76. The molecule has 4 rings (SSSR count). The summed E-state index contributed by atoms with van der Waals surface area (Å²) < 4.78 is 1.79. The summed E-state index contributed by atoms with van der Waals surface area (Å²) in [7, 11) is 0. The largest absolute Gasteiger partial charge is 0.364 e. The molecule has 0 aliphatic carbocycles. The van der Waals surface area contributed by atoms with Gasteiger partial charge in [-0.2, -0.15) is 5.10 Å². The highest BCUT2D eigenvalue weighted by Gasteiger charge is 2.27. The molecule has 4 heterocycles. The molecule has 8 heteroatoms. The van der Waals surface area contributed by atoms with Gasteiger partial charge in [0.15, 0.2) is 5.82 Å². The predicted octanol–water partition coefficient (Wildman–Crippen LogP) is 4.28. The van der Waals surface area contributed by atoms with Gasteiger partial charge in [0.1, 0.15) is 10.8 Å². The minimum absolute atomic E-state index is 0.0172. The van der Waals surface area contributed by atoms with Gasteiger partial charge < -0.3 is 10.2 Å². The van der Waals surface area contributed by atoms with Crippen molar-refractivity contribution in [1.82, 2.24) is 24.5 Å². The van der Waals surface area contributed by atoms with Gasteiger partial charge in [-0.15, -0.1) is 0 Å². The summed E-state index contributed by atoms with van der Waals surface area (Å²) in [5.74, 6) is 1.36. The monoisotopic (exact) mass is 426 g/mol. The number of nitrogens with zero attached hydrogens (tertiary/aromatic N) is 5. The quantitative estimate of drug-likeness (QED) is 0.673. The Bertz CT molecular complexity index is 1060. The first-order valence-electron chi connectivity index (χ1n) is 10.3. The number of halogens is 1. The van der Waals surface area contributed by atoms with Crippen molar-refractivity contribution in [3.63, 3.8) is 0 Å². The molecule has 1 N–H and O–H groups in total. The Morgan fingerprint density at radius 3 is 2.93 bits per heavy atom. The molecule has 0 spiro atoms. The van der Waals surface area contributed by atoms with Gasteiger partial charge in [-0.1, -0.05) is 38.4 Å². The molecule has 3 aromatic heterocycles. The van der Waals surface area contributed by atoms with Crippen LogP contribution in [0, 0.1) is 5.41 Å². The van der Waals surface area contributed by atoms with E-state index in [4.69, 9.17) is 11.6 Å². The molecular formula is C22H27ClN6O. The molecule has 158 valence electrons.